The fraction of sp³-hybridized carbons (Fsp3) is 0.250. The first-order chi connectivity index (χ1) is 35.0. The summed E-state index contributed by atoms with van der Waals surface area (Å²) in [4.78, 5) is 0. The predicted octanol–water partition coefficient (Wildman–Crippen LogP) is 11.9. The standard InChI is InChI=1S/C64H64O8/c65-57-41-9-1-10-42(57)26-28-44-12-3-14-46(59(44)67)30-32-48-16-5-18-50(61(48)69)34-36-52-20-7-22-54(63(52)71)38-40-56-24-8-23-55(64(56)72)39-37-53-21-6-19-51(62(53)70)35-33-49-17-4-15-47(60(49)68)31-29-45-13-2-11-43(27-25-41)58(45)66/h1-24,65-72H,25-40H2. The van der Waals surface area contributed by atoms with E-state index in [2.05, 4.69) is 0 Å². The third kappa shape index (κ3) is 11.2. The third-order valence-electron chi connectivity index (χ3n) is 14.9. The van der Waals surface area contributed by atoms with Crippen LogP contribution in [0.15, 0.2) is 146 Å². The zero-order valence-electron chi connectivity index (χ0n) is 40.7. The molecule has 8 aromatic rings. The first kappa shape index (κ1) is 49.2. The predicted molar refractivity (Wildman–Crippen MR) is 284 cm³/mol. The van der Waals surface area contributed by atoms with Crippen molar-refractivity contribution in [2.75, 3.05) is 0 Å². The largest absolute Gasteiger partial charge is 0.507 e. The average Bonchev–Trinajstić information content (AvgIpc) is 3.38. The van der Waals surface area contributed by atoms with Gasteiger partial charge in [-0.25, -0.2) is 0 Å². The molecule has 0 saturated carbocycles. The van der Waals surface area contributed by atoms with E-state index < -0.39 is 0 Å². The highest BCUT2D eigenvalue weighted by Gasteiger charge is 2.18. The SMILES string of the molecule is Oc1c2cccc1CCc1cccc(c1O)CCc1cccc(c1O)CCc1cccc(c1O)CCc1cccc(c1O)CCc1cccc(c1O)CCc1cccc(c1O)CCc1cccc(c1O)CC2. The van der Waals surface area contributed by atoms with Gasteiger partial charge in [0, 0.05) is 0 Å². The van der Waals surface area contributed by atoms with Gasteiger partial charge in [0.05, 0.1) is 0 Å². The molecule has 0 fully saturated rings. The van der Waals surface area contributed by atoms with Gasteiger partial charge in [-0.05, 0) is 192 Å². The van der Waals surface area contributed by atoms with Crippen LogP contribution in [-0.4, -0.2) is 40.9 Å². The Balaban J connectivity index is 0.963. The molecular weight excluding hydrogens is 897 g/mol. The van der Waals surface area contributed by atoms with Gasteiger partial charge in [-0.3, -0.25) is 0 Å². The fourth-order valence-electron chi connectivity index (χ4n) is 10.5. The molecule has 0 radical (unpaired) electrons. The van der Waals surface area contributed by atoms with Crippen molar-refractivity contribution in [3.63, 3.8) is 0 Å². The van der Waals surface area contributed by atoms with Crippen LogP contribution in [0.4, 0.5) is 0 Å². The number of hydrogen-bond donors (Lipinski definition) is 8. The second-order valence-electron chi connectivity index (χ2n) is 19.4. The Labute approximate surface area is 422 Å². The molecule has 8 N–H and O–H groups in total. The van der Waals surface area contributed by atoms with Gasteiger partial charge < -0.3 is 40.9 Å². The van der Waals surface area contributed by atoms with Crippen LogP contribution >= 0.6 is 0 Å². The van der Waals surface area contributed by atoms with Gasteiger partial charge in [0.15, 0.2) is 0 Å². The Morgan fingerprint density at radius 3 is 0.278 bits per heavy atom. The van der Waals surface area contributed by atoms with E-state index in [1.807, 2.05) is 146 Å². The highest BCUT2D eigenvalue weighted by atomic mass is 16.3. The second-order valence-corrected chi connectivity index (χ2v) is 19.4. The van der Waals surface area contributed by atoms with E-state index in [9.17, 15) is 40.9 Å². The lowest BCUT2D eigenvalue weighted by Gasteiger charge is -2.15. The Hall–Kier alpha value is -7.84. The molecule has 0 saturated heterocycles. The highest BCUT2D eigenvalue weighted by Crippen LogP contribution is 2.36. The number of phenols is 8. The third-order valence-corrected chi connectivity index (χ3v) is 14.9. The molecule has 8 aromatic carbocycles. The molecule has 368 valence electrons. The number of hydrogen-bond acceptors (Lipinski definition) is 8. The summed E-state index contributed by atoms with van der Waals surface area (Å²) >= 11 is 0. The molecule has 72 heavy (non-hydrogen) atoms. The number of benzene rings is 8. The van der Waals surface area contributed by atoms with Crippen molar-refractivity contribution in [1.29, 1.82) is 0 Å². The molecule has 0 spiro atoms. The van der Waals surface area contributed by atoms with Crippen LogP contribution in [0.5, 0.6) is 46.0 Å². The van der Waals surface area contributed by atoms with E-state index in [1.165, 1.54) is 0 Å². The number of aromatic hydroxyl groups is 8. The van der Waals surface area contributed by atoms with Gasteiger partial charge in [0.1, 0.15) is 46.0 Å². The first-order valence-corrected chi connectivity index (χ1v) is 25.4. The van der Waals surface area contributed by atoms with E-state index in [0.29, 0.717) is 103 Å². The van der Waals surface area contributed by atoms with Crippen molar-refractivity contribution in [2.24, 2.45) is 0 Å². The lowest BCUT2D eigenvalue weighted by Crippen LogP contribution is -2.01. The van der Waals surface area contributed by atoms with Crippen LogP contribution in [0, 0.1) is 0 Å². The number of para-hydroxylation sites is 8. The molecule has 9 rings (SSSR count). The lowest BCUT2D eigenvalue weighted by molar-refractivity contribution is 0.450. The Morgan fingerprint density at radius 2 is 0.208 bits per heavy atom. The molecule has 0 unspecified atom stereocenters. The van der Waals surface area contributed by atoms with Crippen LogP contribution in [-0.2, 0) is 103 Å². The molecule has 0 aromatic heterocycles. The summed E-state index contributed by atoms with van der Waals surface area (Å²) < 4.78 is 0. The van der Waals surface area contributed by atoms with E-state index in [1.54, 1.807) is 0 Å². The Kier molecular flexibility index (Phi) is 15.4. The number of rotatable bonds is 0. The van der Waals surface area contributed by atoms with Gasteiger partial charge in [-0.1, -0.05) is 146 Å². The number of aryl methyl sites for hydroxylation is 16. The quantitative estimate of drug-likeness (QED) is 0.0745. The Bertz CT molecular complexity index is 2390. The topological polar surface area (TPSA) is 162 Å². The molecular formula is C64H64O8. The molecule has 1 aliphatic carbocycles. The summed E-state index contributed by atoms with van der Waals surface area (Å²) in [5.41, 5.74) is 12.4. The van der Waals surface area contributed by atoms with Gasteiger partial charge in [-0.15, -0.1) is 0 Å². The molecule has 8 heteroatoms. The van der Waals surface area contributed by atoms with Crippen molar-refractivity contribution in [3.05, 3.63) is 235 Å². The van der Waals surface area contributed by atoms with Crippen LogP contribution in [0.1, 0.15) is 89.0 Å². The van der Waals surface area contributed by atoms with E-state index in [4.69, 9.17) is 0 Å². The zero-order chi connectivity index (χ0) is 50.1. The second kappa shape index (κ2) is 22.5. The maximum atomic E-state index is 11.4. The Morgan fingerprint density at radius 1 is 0.139 bits per heavy atom. The van der Waals surface area contributed by atoms with Crippen LogP contribution < -0.4 is 0 Å². The minimum atomic E-state index is 0.219. The van der Waals surface area contributed by atoms with Crippen molar-refractivity contribution in [2.45, 2.75) is 103 Å². The summed E-state index contributed by atoms with van der Waals surface area (Å²) in [5.74, 6) is 1.76. The first-order valence-electron chi connectivity index (χ1n) is 25.4. The minimum absolute atomic E-state index is 0.219. The minimum Gasteiger partial charge on any atom is -0.507 e. The van der Waals surface area contributed by atoms with Crippen LogP contribution in [0.2, 0.25) is 0 Å². The number of fused-ring (bicyclic) bond motifs is 16. The number of phenolic OH excluding ortho intramolecular Hbond substituents is 8. The van der Waals surface area contributed by atoms with Gasteiger partial charge in [0.2, 0.25) is 0 Å². The van der Waals surface area contributed by atoms with Crippen molar-refractivity contribution in [1.82, 2.24) is 0 Å². The monoisotopic (exact) mass is 960 g/mol. The molecule has 0 aliphatic heterocycles. The van der Waals surface area contributed by atoms with Crippen LogP contribution in [0.25, 0.3) is 0 Å². The van der Waals surface area contributed by atoms with Gasteiger partial charge in [0.25, 0.3) is 0 Å². The molecule has 0 amide bonds. The van der Waals surface area contributed by atoms with E-state index in [0.717, 1.165) is 89.0 Å². The van der Waals surface area contributed by atoms with Crippen molar-refractivity contribution < 1.29 is 40.9 Å². The smallest absolute Gasteiger partial charge is 0.121 e. The average molecular weight is 961 g/mol. The van der Waals surface area contributed by atoms with E-state index in [-0.39, 0.29) is 46.0 Å². The molecule has 16 bridgehead atoms. The summed E-state index contributed by atoms with van der Waals surface area (Å²) in [6.45, 7) is 0. The van der Waals surface area contributed by atoms with Gasteiger partial charge >= 0.3 is 0 Å². The molecule has 8 nitrogen and oxygen atoms in total. The van der Waals surface area contributed by atoms with Gasteiger partial charge in [-0.2, -0.15) is 0 Å². The van der Waals surface area contributed by atoms with Crippen LogP contribution in [0.3, 0.4) is 0 Å². The summed E-state index contributed by atoms with van der Waals surface area (Å²) in [6.07, 6.45) is 8.22. The molecule has 1 aliphatic rings. The zero-order valence-corrected chi connectivity index (χ0v) is 40.7. The highest BCUT2D eigenvalue weighted by molar-refractivity contribution is 5.50. The van der Waals surface area contributed by atoms with E-state index >= 15 is 0 Å². The maximum Gasteiger partial charge on any atom is 0.121 e. The summed E-state index contributed by atoms with van der Waals surface area (Å²) in [7, 11) is 0. The fourth-order valence-corrected chi connectivity index (χ4v) is 10.5. The summed E-state index contributed by atoms with van der Waals surface area (Å²) in [6, 6.07) is 46.0. The van der Waals surface area contributed by atoms with Crippen molar-refractivity contribution in [3.8, 4) is 46.0 Å². The molecule has 0 atom stereocenters. The summed E-state index contributed by atoms with van der Waals surface area (Å²) in [5, 5.41) is 91.6. The normalized spacial score (nSPS) is 14.2. The van der Waals surface area contributed by atoms with Crippen molar-refractivity contribution >= 4 is 0 Å². The lowest BCUT2D eigenvalue weighted by atomic mass is 9.93. The maximum absolute atomic E-state index is 11.4. The molecule has 0 heterocycles.